The van der Waals surface area contributed by atoms with Gasteiger partial charge in [-0.1, -0.05) is 12.1 Å². The van der Waals surface area contributed by atoms with Gasteiger partial charge in [-0.2, -0.15) is 0 Å². The van der Waals surface area contributed by atoms with E-state index >= 15 is 0 Å². The lowest BCUT2D eigenvalue weighted by Crippen LogP contribution is -2.10. The number of aryl methyl sites for hydroxylation is 1. The number of anilines is 2. The summed E-state index contributed by atoms with van der Waals surface area (Å²) in [5.41, 5.74) is 3.28. The molecule has 124 valence electrons. The Bertz CT molecular complexity index is 1060. The Labute approximate surface area is 144 Å². The summed E-state index contributed by atoms with van der Waals surface area (Å²) in [6, 6.07) is 7.36. The van der Waals surface area contributed by atoms with E-state index in [2.05, 4.69) is 15.3 Å². The van der Waals surface area contributed by atoms with Crippen LogP contribution in [-0.4, -0.2) is 28.6 Å². The second-order valence-corrected chi connectivity index (χ2v) is 8.06. The Hall–Kier alpha value is -2.12. The van der Waals surface area contributed by atoms with E-state index in [4.69, 9.17) is 11.6 Å². The van der Waals surface area contributed by atoms with Gasteiger partial charge < -0.3 is 5.32 Å². The van der Waals surface area contributed by atoms with Crippen molar-refractivity contribution in [1.82, 2.24) is 13.9 Å². The molecule has 0 aliphatic heterocycles. The summed E-state index contributed by atoms with van der Waals surface area (Å²) in [5, 5.41) is 4.30. The van der Waals surface area contributed by atoms with Gasteiger partial charge in [0.15, 0.2) is 0 Å². The molecule has 1 aliphatic carbocycles. The van der Waals surface area contributed by atoms with E-state index in [1.807, 2.05) is 18.2 Å². The van der Waals surface area contributed by atoms with Gasteiger partial charge in [0.2, 0.25) is 15.3 Å². The highest BCUT2D eigenvalue weighted by molar-refractivity contribution is 7.89. The van der Waals surface area contributed by atoms with E-state index in [0.29, 0.717) is 17.0 Å². The summed E-state index contributed by atoms with van der Waals surface area (Å²) in [6.45, 7) is 0. The summed E-state index contributed by atoms with van der Waals surface area (Å²) in [5.74, 6) is 0.649. The maximum atomic E-state index is 12.0. The Morgan fingerprint density at radius 1 is 1.21 bits per heavy atom. The second-order valence-electron chi connectivity index (χ2n) is 5.86. The van der Waals surface area contributed by atoms with Crippen molar-refractivity contribution in [2.75, 3.05) is 11.6 Å². The predicted octanol–water partition coefficient (Wildman–Crippen LogP) is 3.12. The van der Waals surface area contributed by atoms with Crippen LogP contribution in [0.5, 0.6) is 0 Å². The number of rotatable bonds is 3. The first kappa shape index (κ1) is 15.4. The molecule has 0 saturated heterocycles. The summed E-state index contributed by atoms with van der Waals surface area (Å²) in [4.78, 5) is 8.59. The average Bonchev–Trinajstić information content (AvgIpc) is 3.12. The second kappa shape index (κ2) is 5.46. The molecule has 4 rings (SSSR count). The van der Waals surface area contributed by atoms with Crippen LogP contribution < -0.4 is 5.32 Å². The van der Waals surface area contributed by atoms with Gasteiger partial charge in [0.05, 0.1) is 23.2 Å². The van der Waals surface area contributed by atoms with Crippen LogP contribution in [0.1, 0.15) is 17.7 Å². The van der Waals surface area contributed by atoms with Crippen molar-refractivity contribution in [2.45, 2.75) is 19.3 Å². The molecule has 1 aromatic carbocycles. The van der Waals surface area contributed by atoms with Crippen molar-refractivity contribution in [3.8, 4) is 0 Å². The molecule has 1 N–H and O–H groups in total. The summed E-state index contributed by atoms with van der Waals surface area (Å²) >= 11 is 6.03. The van der Waals surface area contributed by atoms with Crippen LogP contribution in [0, 0.1) is 0 Å². The SMILES string of the molecule is CS(=O)(=O)n1ccc2cccc(Nc3nc(Cl)nc4c3CCC4)c21. The number of hydrogen-bond donors (Lipinski definition) is 1. The van der Waals surface area contributed by atoms with Gasteiger partial charge in [0.1, 0.15) is 5.82 Å². The van der Waals surface area contributed by atoms with Gasteiger partial charge in [0.25, 0.3) is 0 Å². The van der Waals surface area contributed by atoms with Crippen molar-refractivity contribution in [3.05, 3.63) is 47.0 Å². The number of halogens is 1. The van der Waals surface area contributed by atoms with E-state index in [0.717, 1.165) is 35.9 Å². The summed E-state index contributed by atoms with van der Waals surface area (Å²) < 4.78 is 25.4. The van der Waals surface area contributed by atoms with Gasteiger partial charge in [-0.15, -0.1) is 0 Å². The zero-order chi connectivity index (χ0) is 16.9. The molecule has 8 heteroatoms. The highest BCUT2D eigenvalue weighted by atomic mass is 35.5. The number of nitrogens with zero attached hydrogens (tertiary/aromatic N) is 3. The van der Waals surface area contributed by atoms with E-state index in [1.54, 1.807) is 12.3 Å². The molecular weight excluding hydrogens is 348 g/mol. The molecule has 0 radical (unpaired) electrons. The third kappa shape index (κ3) is 2.53. The lowest BCUT2D eigenvalue weighted by Gasteiger charge is -2.13. The topological polar surface area (TPSA) is 76.9 Å². The highest BCUT2D eigenvalue weighted by Gasteiger charge is 2.20. The standard InChI is InChI=1S/C16H15ClN4O2S/c1-24(22,23)21-9-8-10-4-2-7-13(14(10)21)18-15-11-5-3-6-12(11)19-16(17)20-15/h2,4,7-9H,3,5-6H2,1H3,(H,18,19,20). The van der Waals surface area contributed by atoms with Gasteiger partial charge in [-0.3, -0.25) is 0 Å². The quantitative estimate of drug-likeness (QED) is 0.724. The lowest BCUT2D eigenvalue weighted by molar-refractivity contribution is 0.595. The van der Waals surface area contributed by atoms with Crippen molar-refractivity contribution in [2.24, 2.45) is 0 Å². The van der Waals surface area contributed by atoms with Gasteiger partial charge in [0, 0.05) is 17.1 Å². The van der Waals surface area contributed by atoms with E-state index in [9.17, 15) is 8.42 Å². The van der Waals surface area contributed by atoms with Crippen LogP contribution >= 0.6 is 11.6 Å². The van der Waals surface area contributed by atoms with Crippen molar-refractivity contribution in [3.63, 3.8) is 0 Å². The molecule has 24 heavy (non-hydrogen) atoms. The fourth-order valence-electron chi connectivity index (χ4n) is 3.17. The van der Waals surface area contributed by atoms with Crippen molar-refractivity contribution in [1.29, 1.82) is 0 Å². The minimum absolute atomic E-state index is 0.198. The molecule has 3 aromatic rings. The van der Waals surface area contributed by atoms with Crippen LogP contribution in [0.2, 0.25) is 5.28 Å². The normalized spacial score (nSPS) is 14.1. The van der Waals surface area contributed by atoms with E-state index < -0.39 is 10.0 Å². The molecule has 0 saturated carbocycles. The molecule has 0 fully saturated rings. The summed E-state index contributed by atoms with van der Waals surface area (Å²) in [6.07, 6.45) is 5.53. The van der Waals surface area contributed by atoms with Crippen molar-refractivity contribution >= 4 is 44.0 Å². The molecule has 0 spiro atoms. The molecule has 6 nitrogen and oxygen atoms in total. The number of nitrogens with one attached hydrogen (secondary N) is 1. The third-order valence-corrected chi connectivity index (χ3v) is 5.38. The third-order valence-electron chi connectivity index (χ3n) is 4.19. The smallest absolute Gasteiger partial charge is 0.236 e. The Kier molecular flexibility index (Phi) is 3.51. The molecule has 1 aliphatic rings. The van der Waals surface area contributed by atoms with Gasteiger partial charge >= 0.3 is 0 Å². The zero-order valence-corrected chi connectivity index (χ0v) is 14.5. The summed E-state index contributed by atoms with van der Waals surface area (Å²) in [7, 11) is -3.40. The number of hydrogen-bond acceptors (Lipinski definition) is 5. The Balaban J connectivity index is 1.89. The monoisotopic (exact) mass is 362 g/mol. The van der Waals surface area contributed by atoms with Crippen LogP contribution in [0.4, 0.5) is 11.5 Å². The van der Waals surface area contributed by atoms with E-state index in [-0.39, 0.29) is 5.28 Å². The minimum atomic E-state index is -3.40. The Morgan fingerprint density at radius 3 is 2.83 bits per heavy atom. The van der Waals surface area contributed by atoms with Gasteiger partial charge in [-0.25, -0.2) is 22.4 Å². The first-order valence-corrected chi connectivity index (χ1v) is 9.79. The molecule has 0 unspecified atom stereocenters. The molecule has 2 aromatic heterocycles. The van der Waals surface area contributed by atoms with Crippen LogP contribution in [0.3, 0.4) is 0 Å². The molecule has 0 amide bonds. The number of fused-ring (bicyclic) bond motifs is 2. The maximum Gasteiger partial charge on any atom is 0.236 e. The first-order valence-electron chi connectivity index (χ1n) is 7.56. The fraction of sp³-hybridized carbons (Fsp3) is 0.250. The molecule has 0 bridgehead atoms. The first-order chi connectivity index (χ1) is 11.4. The predicted molar refractivity (Wildman–Crippen MR) is 94.5 cm³/mol. The number of aromatic nitrogens is 3. The van der Waals surface area contributed by atoms with Gasteiger partial charge in [-0.05, 0) is 43.0 Å². The highest BCUT2D eigenvalue weighted by Crippen LogP contribution is 2.32. The largest absolute Gasteiger partial charge is 0.338 e. The zero-order valence-electron chi connectivity index (χ0n) is 13.0. The van der Waals surface area contributed by atoms with Crippen LogP contribution in [0.25, 0.3) is 10.9 Å². The maximum absolute atomic E-state index is 12.0. The molecular formula is C16H15ClN4O2S. The molecule has 0 atom stereocenters. The number of para-hydroxylation sites is 1. The lowest BCUT2D eigenvalue weighted by atomic mass is 10.2. The van der Waals surface area contributed by atoms with E-state index in [1.165, 1.54) is 10.2 Å². The average molecular weight is 363 g/mol. The van der Waals surface area contributed by atoms with Crippen LogP contribution in [-0.2, 0) is 22.9 Å². The van der Waals surface area contributed by atoms with Crippen LogP contribution in [0.15, 0.2) is 30.5 Å². The number of benzene rings is 1. The molecule has 2 heterocycles. The van der Waals surface area contributed by atoms with Crippen molar-refractivity contribution < 1.29 is 8.42 Å². The Morgan fingerprint density at radius 2 is 2.04 bits per heavy atom. The minimum Gasteiger partial charge on any atom is -0.338 e. The fourth-order valence-corrected chi connectivity index (χ4v) is 4.18.